The number of nitrogens with one attached hydrogen (secondary N) is 1. The van der Waals surface area contributed by atoms with Gasteiger partial charge in [-0.15, -0.1) is 0 Å². The third-order valence-corrected chi connectivity index (χ3v) is 2.89. The second-order valence-electron chi connectivity index (χ2n) is 3.92. The molecule has 0 aliphatic heterocycles. The molecule has 1 heteroatoms. The van der Waals surface area contributed by atoms with Crippen molar-refractivity contribution in [2.24, 2.45) is 0 Å². The first-order chi connectivity index (χ1) is 6.83. The maximum atomic E-state index is 3.20. The lowest BCUT2D eigenvalue weighted by Crippen LogP contribution is -2.07. The van der Waals surface area contributed by atoms with Gasteiger partial charge in [0.05, 0.1) is 0 Å². The third-order valence-electron chi connectivity index (χ3n) is 2.89. The molecule has 0 bridgehead atoms. The van der Waals surface area contributed by atoms with Crippen molar-refractivity contribution in [1.29, 1.82) is 0 Å². The standard InChI is InChI=1S/C13H17N/c1-10-9-11(7-8-14-2)13-6-4-3-5-12(10)13/h3-6,9-10,14H,7-8H2,1-2H3. The Morgan fingerprint density at radius 1 is 1.29 bits per heavy atom. The summed E-state index contributed by atoms with van der Waals surface area (Å²) >= 11 is 0. The largest absolute Gasteiger partial charge is 0.319 e. The van der Waals surface area contributed by atoms with Crippen LogP contribution in [-0.4, -0.2) is 13.6 Å². The highest BCUT2D eigenvalue weighted by Crippen LogP contribution is 2.36. The summed E-state index contributed by atoms with van der Waals surface area (Å²) in [7, 11) is 2.00. The predicted molar refractivity (Wildman–Crippen MR) is 61.4 cm³/mol. The lowest BCUT2D eigenvalue weighted by Gasteiger charge is -2.05. The Morgan fingerprint density at radius 3 is 2.86 bits per heavy atom. The van der Waals surface area contributed by atoms with Crippen LogP contribution in [0.2, 0.25) is 0 Å². The fourth-order valence-electron chi connectivity index (χ4n) is 2.15. The van der Waals surface area contributed by atoms with Crippen LogP contribution in [0.4, 0.5) is 0 Å². The van der Waals surface area contributed by atoms with E-state index in [1.165, 1.54) is 16.7 Å². The average Bonchev–Trinajstić information content (AvgIpc) is 2.54. The fourth-order valence-corrected chi connectivity index (χ4v) is 2.15. The van der Waals surface area contributed by atoms with Crippen molar-refractivity contribution < 1.29 is 0 Å². The minimum atomic E-state index is 0.595. The Balaban J connectivity index is 2.25. The van der Waals surface area contributed by atoms with Crippen LogP contribution in [0.1, 0.15) is 30.4 Å². The molecule has 1 unspecified atom stereocenters. The lowest BCUT2D eigenvalue weighted by atomic mass is 10.0. The molecule has 0 saturated heterocycles. The van der Waals surface area contributed by atoms with E-state index in [2.05, 4.69) is 42.6 Å². The molecule has 0 fully saturated rings. The van der Waals surface area contributed by atoms with Crippen molar-refractivity contribution in [3.63, 3.8) is 0 Å². The zero-order valence-electron chi connectivity index (χ0n) is 8.88. The molecule has 0 spiro atoms. The number of allylic oxidation sites excluding steroid dienone is 1. The van der Waals surface area contributed by atoms with Gasteiger partial charge in [-0.2, -0.15) is 0 Å². The van der Waals surface area contributed by atoms with E-state index >= 15 is 0 Å². The molecule has 74 valence electrons. The van der Waals surface area contributed by atoms with Gasteiger partial charge in [0.15, 0.2) is 0 Å². The number of hydrogen-bond donors (Lipinski definition) is 1. The molecule has 0 aromatic heterocycles. The summed E-state index contributed by atoms with van der Waals surface area (Å²) in [6.07, 6.45) is 3.53. The summed E-state index contributed by atoms with van der Waals surface area (Å²) in [5.74, 6) is 0.595. The summed E-state index contributed by atoms with van der Waals surface area (Å²) in [6, 6.07) is 8.73. The normalized spacial score (nSPS) is 19.3. The van der Waals surface area contributed by atoms with E-state index in [0.717, 1.165) is 13.0 Å². The Bertz CT molecular complexity index is 352. The molecule has 1 N–H and O–H groups in total. The molecule has 0 saturated carbocycles. The van der Waals surface area contributed by atoms with Crippen LogP contribution in [-0.2, 0) is 0 Å². The maximum absolute atomic E-state index is 3.20. The van der Waals surface area contributed by atoms with Crippen LogP contribution in [0.5, 0.6) is 0 Å². The highest BCUT2D eigenvalue weighted by Gasteiger charge is 2.18. The molecular weight excluding hydrogens is 170 g/mol. The molecule has 0 amide bonds. The second-order valence-corrected chi connectivity index (χ2v) is 3.92. The Kier molecular flexibility index (Phi) is 2.69. The van der Waals surface area contributed by atoms with Crippen molar-refractivity contribution in [2.45, 2.75) is 19.3 Å². The molecule has 0 heterocycles. The number of benzene rings is 1. The summed E-state index contributed by atoms with van der Waals surface area (Å²) in [5.41, 5.74) is 4.44. The van der Waals surface area contributed by atoms with Crippen LogP contribution in [0.15, 0.2) is 30.3 Å². The highest BCUT2D eigenvalue weighted by molar-refractivity contribution is 5.74. The molecule has 1 nitrogen and oxygen atoms in total. The van der Waals surface area contributed by atoms with Crippen molar-refractivity contribution in [1.82, 2.24) is 5.32 Å². The Hall–Kier alpha value is -1.08. The van der Waals surface area contributed by atoms with Crippen LogP contribution >= 0.6 is 0 Å². The van der Waals surface area contributed by atoms with Gasteiger partial charge in [0.2, 0.25) is 0 Å². The summed E-state index contributed by atoms with van der Waals surface area (Å²) in [5, 5.41) is 3.20. The average molecular weight is 187 g/mol. The van der Waals surface area contributed by atoms with Gasteiger partial charge in [0.25, 0.3) is 0 Å². The maximum Gasteiger partial charge on any atom is 0.000164 e. The van der Waals surface area contributed by atoms with Gasteiger partial charge in [-0.1, -0.05) is 37.3 Å². The monoisotopic (exact) mass is 187 g/mol. The van der Waals surface area contributed by atoms with Gasteiger partial charge in [-0.05, 0) is 36.7 Å². The van der Waals surface area contributed by atoms with E-state index in [1.54, 1.807) is 0 Å². The number of fused-ring (bicyclic) bond motifs is 1. The number of hydrogen-bond acceptors (Lipinski definition) is 1. The first kappa shape index (κ1) is 9.47. The van der Waals surface area contributed by atoms with Crippen molar-refractivity contribution in [3.8, 4) is 0 Å². The molecule has 0 radical (unpaired) electrons. The molecule has 14 heavy (non-hydrogen) atoms. The van der Waals surface area contributed by atoms with E-state index in [4.69, 9.17) is 0 Å². The van der Waals surface area contributed by atoms with E-state index in [9.17, 15) is 0 Å². The molecule has 1 aliphatic rings. The molecular formula is C13H17N. The SMILES string of the molecule is CNCCC1=CC(C)c2ccccc21. The summed E-state index contributed by atoms with van der Waals surface area (Å²) < 4.78 is 0. The molecule has 2 rings (SSSR count). The van der Waals surface area contributed by atoms with E-state index in [-0.39, 0.29) is 0 Å². The zero-order chi connectivity index (χ0) is 9.97. The minimum absolute atomic E-state index is 0.595. The van der Waals surface area contributed by atoms with Crippen LogP contribution < -0.4 is 5.32 Å². The van der Waals surface area contributed by atoms with Crippen LogP contribution in [0.25, 0.3) is 5.57 Å². The summed E-state index contributed by atoms with van der Waals surface area (Å²) in [6.45, 7) is 3.33. The van der Waals surface area contributed by atoms with Crippen molar-refractivity contribution >= 4 is 5.57 Å². The molecule has 1 atom stereocenters. The van der Waals surface area contributed by atoms with Gasteiger partial charge in [-0.3, -0.25) is 0 Å². The quantitative estimate of drug-likeness (QED) is 0.767. The molecule has 1 aromatic carbocycles. The zero-order valence-corrected chi connectivity index (χ0v) is 8.88. The molecule has 1 aliphatic carbocycles. The topological polar surface area (TPSA) is 12.0 Å². The van der Waals surface area contributed by atoms with Gasteiger partial charge in [0.1, 0.15) is 0 Å². The summed E-state index contributed by atoms with van der Waals surface area (Å²) in [4.78, 5) is 0. The molecule has 1 aromatic rings. The van der Waals surface area contributed by atoms with Crippen molar-refractivity contribution in [2.75, 3.05) is 13.6 Å². The van der Waals surface area contributed by atoms with Gasteiger partial charge >= 0.3 is 0 Å². The van der Waals surface area contributed by atoms with Gasteiger partial charge in [-0.25, -0.2) is 0 Å². The predicted octanol–water partition coefficient (Wildman–Crippen LogP) is 2.80. The Labute approximate surface area is 85.8 Å². The number of rotatable bonds is 3. The first-order valence-corrected chi connectivity index (χ1v) is 5.27. The smallest absolute Gasteiger partial charge is 0.000164 e. The van der Waals surface area contributed by atoms with E-state index < -0.39 is 0 Å². The van der Waals surface area contributed by atoms with Crippen LogP contribution in [0, 0.1) is 0 Å². The van der Waals surface area contributed by atoms with E-state index in [0.29, 0.717) is 5.92 Å². The third kappa shape index (κ3) is 1.60. The van der Waals surface area contributed by atoms with Crippen LogP contribution in [0.3, 0.4) is 0 Å². The fraction of sp³-hybridized carbons (Fsp3) is 0.385. The van der Waals surface area contributed by atoms with Gasteiger partial charge in [0, 0.05) is 5.92 Å². The lowest BCUT2D eigenvalue weighted by molar-refractivity contribution is 0.815. The Morgan fingerprint density at radius 2 is 2.07 bits per heavy atom. The minimum Gasteiger partial charge on any atom is -0.319 e. The second kappa shape index (κ2) is 3.97. The van der Waals surface area contributed by atoms with E-state index in [1.807, 2.05) is 7.05 Å². The van der Waals surface area contributed by atoms with Gasteiger partial charge < -0.3 is 5.32 Å². The van der Waals surface area contributed by atoms with Crippen molar-refractivity contribution in [3.05, 3.63) is 41.5 Å². The highest BCUT2D eigenvalue weighted by atomic mass is 14.8. The first-order valence-electron chi connectivity index (χ1n) is 5.27.